The van der Waals surface area contributed by atoms with Crippen LogP contribution in [0.3, 0.4) is 0 Å². The summed E-state index contributed by atoms with van der Waals surface area (Å²) in [5, 5.41) is 0. The number of hydrogen-bond donors (Lipinski definition) is 1. The van der Waals surface area contributed by atoms with E-state index in [0.29, 0.717) is 12.1 Å². The highest BCUT2D eigenvalue weighted by Crippen LogP contribution is 2.33. The minimum absolute atomic E-state index is 0.00604. The normalized spacial score (nSPS) is 11.9. The third-order valence-corrected chi connectivity index (χ3v) is 4.59. The van der Waals surface area contributed by atoms with Crippen LogP contribution in [0.25, 0.3) is 0 Å². The lowest BCUT2D eigenvalue weighted by atomic mass is 10.2. The van der Waals surface area contributed by atoms with Crippen LogP contribution < -0.4 is 14.2 Å². The highest BCUT2D eigenvalue weighted by Gasteiger charge is 2.30. The van der Waals surface area contributed by atoms with Crippen LogP contribution in [-0.4, -0.2) is 22.6 Å². The summed E-state index contributed by atoms with van der Waals surface area (Å²) in [6.07, 6.45) is -4.55. The van der Waals surface area contributed by atoms with Gasteiger partial charge in [0.25, 0.3) is 10.0 Å². The van der Waals surface area contributed by atoms with Gasteiger partial charge in [0.1, 0.15) is 10.7 Å². The molecule has 0 aliphatic heterocycles. The Hall–Kier alpha value is -2.49. The molecule has 0 aliphatic carbocycles. The Labute approximate surface area is 141 Å². The fourth-order valence-electron chi connectivity index (χ4n) is 1.98. The molecule has 0 aliphatic rings. The zero-order chi connectivity index (χ0) is 18.8. The molecule has 136 valence electrons. The Kier molecular flexibility index (Phi) is 5.12. The van der Waals surface area contributed by atoms with E-state index in [4.69, 9.17) is 9.47 Å². The highest BCUT2D eigenvalue weighted by atomic mass is 32.2. The lowest BCUT2D eigenvalue weighted by Crippen LogP contribution is -2.15. The monoisotopic (exact) mass is 379 g/mol. The third kappa shape index (κ3) is 4.13. The summed E-state index contributed by atoms with van der Waals surface area (Å²) in [7, 11) is -1.89. The number of anilines is 1. The first-order chi connectivity index (χ1) is 11.6. The Morgan fingerprint density at radius 1 is 0.960 bits per heavy atom. The summed E-state index contributed by atoms with van der Waals surface area (Å²) in [4.78, 5) is -0.731. The Bertz CT molecular complexity index is 864. The van der Waals surface area contributed by atoms with Crippen molar-refractivity contribution in [2.45, 2.75) is 11.1 Å². The molecule has 0 unspecified atom stereocenters. The number of nitrogens with one attached hydrogen (secondary N) is 1. The van der Waals surface area contributed by atoms with Crippen molar-refractivity contribution in [3.05, 3.63) is 47.8 Å². The molecule has 0 amide bonds. The van der Waals surface area contributed by atoms with Crippen molar-refractivity contribution in [3.8, 4) is 11.5 Å². The molecule has 0 saturated heterocycles. The van der Waals surface area contributed by atoms with E-state index in [1.54, 1.807) is 0 Å². The van der Waals surface area contributed by atoms with Crippen LogP contribution in [0.15, 0.2) is 41.3 Å². The molecule has 0 spiro atoms. The molecule has 5 nitrogen and oxygen atoms in total. The van der Waals surface area contributed by atoms with Gasteiger partial charge in [0.05, 0.1) is 19.8 Å². The van der Waals surface area contributed by atoms with Gasteiger partial charge in [-0.05, 0) is 24.3 Å². The number of methoxy groups -OCH3 is 2. The number of halogens is 4. The second-order valence-corrected chi connectivity index (χ2v) is 6.47. The number of sulfonamides is 1. The molecule has 0 atom stereocenters. The summed E-state index contributed by atoms with van der Waals surface area (Å²) < 4.78 is 88.0. The van der Waals surface area contributed by atoms with Crippen LogP contribution in [0.2, 0.25) is 0 Å². The van der Waals surface area contributed by atoms with Gasteiger partial charge in [0, 0.05) is 17.8 Å². The van der Waals surface area contributed by atoms with Gasteiger partial charge < -0.3 is 9.47 Å². The predicted octanol–water partition coefficient (Wildman–Crippen LogP) is 3.66. The van der Waals surface area contributed by atoms with Gasteiger partial charge in [-0.2, -0.15) is 13.2 Å². The summed E-state index contributed by atoms with van der Waals surface area (Å²) in [6, 6.07) is 5.03. The zero-order valence-corrected chi connectivity index (χ0v) is 13.8. The van der Waals surface area contributed by atoms with Crippen molar-refractivity contribution in [2.24, 2.45) is 0 Å². The Morgan fingerprint density at radius 3 is 1.96 bits per heavy atom. The molecule has 2 aromatic rings. The number of hydrogen-bond acceptors (Lipinski definition) is 4. The van der Waals surface area contributed by atoms with Crippen molar-refractivity contribution in [2.75, 3.05) is 18.9 Å². The molecule has 0 aromatic heterocycles. The second-order valence-electron chi connectivity index (χ2n) is 4.82. The lowest BCUT2D eigenvalue weighted by Gasteiger charge is -2.13. The van der Waals surface area contributed by atoms with E-state index in [9.17, 15) is 26.0 Å². The maximum atomic E-state index is 14.1. The van der Waals surface area contributed by atoms with E-state index in [0.717, 1.165) is 24.3 Å². The lowest BCUT2D eigenvalue weighted by molar-refractivity contribution is -0.137. The average Bonchev–Trinajstić information content (AvgIpc) is 2.53. The average molecular weight is 379 g/mol. The number of ether oxygens (including phenoxy) is 2. The summed E-state index contributed by atoms with van der Waals surface area (Å²) in [5.74, 6) is -1.12. The molecule has 0 bridgehead atoms. The maximum absolute atomic E-state index is 14.1. The van der Waals surface area contributed by atoms with Gasteiger partial charge in [-0.1, -0.05) is 0 Å². The minimum Gasteiger partial charge on any atom is -0.493 e. The summed E-state index contributed by atoms with van der Waals surface area (Å²) >= 11 is 0. The standard InChI is InChI=1S/C15H13F4NO4S/c1-23-12-7-11(16)14(8-13(12)24-2)25(21,22)20-10-5-3-9(4-6-10)15(17,18)19/h3-8,20H,1-2H3. The van der Waals surface area contributed by atoms with Gasteiger partial charge in [0.15, 0.2) is 11.5 Å². The maximum Gasteiger partial charge on any atom is 0.416 e. The SMILES string of the molecule is COc1cc(F)c(S(=O)(=O)Nc2ccc(C(F)(F)F)cc2)cc1OC. The van der Waals surface area contributed by atoms with E-state index in [1.165, 1.54) is 14.2 Å². The van der Waals surface area contributed by atoms with Gasteiger partial charge in [0.2, 0.25) is 0 Å². The molecular weight excluding hydrogens is 366 g/mol. The largest absolute Gasteiger partial charge is 0.493 e. The number of benzene rings is 2. The minimum atomic E-state index is -4.55. The van der Waals surface area contributed by atoms with Gasteiger partial charge >= 0.3 is 6.18 Å². The van der Waals surface area contributed by atoms with Crippen molar-refractivity contribution in [1.29, 1.82) is 0 Å². The molecule has 0 saturated carbocycles. The van der Waals surface area contributed by atoms with Crippen LogP contribution in [0, 0.1) is 5.82 Å². The smallest absolute Gasteiger partial charge is 0.416 e. The fraction of sp³-hybridized carbons (Fsp3) is 0.200. The van der Waals surface area contributed by atoms with Crippen molar-refractivity contribution in [3.63, 3.8) is 0 Å². The summed E-state index contributed by atoms with van der Waals surface area (Å²) in [5.41, 5.74) is -1.09. The molecule has 10 heteroatoms. The van der Waals surface area contributed by atoms with Crippen LogP contribution in [0.5, 0.6) is 11.5 Å². The Morgan fingerprint density at radius 2 is 1.48 bits per heavy atom. The second kappa shape index (κ2) is 6.79. The van der Waals surface area contributed by atoms with E-state index >= 15 is 0 Å². The topological polar surface area (TPSA) is 64.6 Å². The first kappa shape index (κ1) is 18.8. The van der Waals surface area contributed by atoms with E-state index < -0.39 is 32.5 Å². The summed E-state index contributed by atoms with van der Waals surface area (Å²) in [6.45, 7) is 0. The highest BCUT2D eigenvalue weighted by molar-refractivity contribution is 7.92. The molecule has 2 rings (SSSR count). The van der Waals surface area contributed by atoms with Crippen molar-refractivity contribution >= 4 is 15.7 Å². The molecule has 25 heavy (non-hydrogen) atoms. The van der Waals surface area contributed by atoms with Crippen LogP contribution in [0.4, 0.5) is 23.2 Å². The quantitative estimate of drug-likeness (QED) is 0.806. The molecule has 0 heterocycles. The van der Waals surface area contributed by atoms with Crippen LogP contribution >= 0.6 is 0 Å². The van der Waals surface area contributed by atoms with E-state index in [2.05, 4.69) is 0 Å². The van der Waals surface area contributed by atoms with Crippen LogP contribution in [0.1, 0.15) is 5.56 Å². The van der Waals surface area contributed by atoms with Gasteiger partial charge in [-0.3, -0.25) is 4.72 Å². The van der Waals surface area contributed by atoms with Crippen molar-refractivity contribution < 1.29 is 35.5 Å². The zero-order valence-electron chi connectivity index (χ0n) is 13.0. The molecule has 0 fully saturated rings. The number of rotatable bonds is 5. The third-order valence-electron chi connectivity index (χ3n) is 3.19. The Balaban J connectivity index is 2.36. The first-order valence-electron chi connectivity index (χ1n) is 6.70. The molecule has 0 radical (unpaired) electrons. The molecular formula is C15H13F4NO4S. The molecule has 2 aromatic carbocycles. The van der Waals surface area contributed by atoms with E-state index in [1.807, 2.05) is 4.72 Å². The first-order valence-corrected chi connectivity index (χ1v) is 8.18. The van der Waals surface area contributed by atoms with Crippen LogP contribution in [-0.2, 0) is 16.2 Å². The van der Waals surface area contributed by atoms with Gasteiger partial charge in [-0.15, -0.1) is 0 Å². The van der Waals surface area contributed by atoms with E-state index in [-0.39, 0.29) is 17.2 Å². The van der Waals surface area contributed by atoms with Gasteiger partial charge in [-0.25, -0.2) is 12.8 Å². The predicted molar refractivity (Wildman–Crippen MR) is 81.8 cm³/mol. The molecule has 1 N–H and O–H groups in total. The fourth-order valence-corrected chi connectivity index (χ4v) is 3.11. The van der Waals surface area contributed by atoms with Crippen molar-refractivity contribution in [1.82, 2.24) is 0 Å². The number of alkyl halides is 3.